The van der Waals surface area contributed by atoms with Crippen LogP contribution in [0, 0.1) is 0 Å². The van der Waals surface area contributed by atoms with Gasteiger partial charge in [0.15, 0.2) is 0 Å². The first-order valence-electron chi connectivity index (χ1n) is 7.12. The highest BCUT2D eigenvalue weighted by Crippen LogP contribution is 1.87. The van der Waals surface area contributed by atoms with E-state index in [1.807, 2.05) is 6.08 Å². The summed E-state index contributed by atoms with van der Waals surface area (Å²) in [4.78, 5) is 13.7. The van der Waals surface area contributed by atoms with Crippen LogP contribution < -0.4 is 10.6 Å². The van der Waals surface area contributed by atoms with Crippen molar-refractivity contribution in [1.29, 1.82) is 0 Å². The third-order valence-corrected chi connectivity index (χ3v) is 2.82. The molecule has 0 bridgehead atoms. The van der Waals surface area contributed by atoms with Crippen LogP contribution in [0.1, 0.15) is 33.6 Å². The predicted molar refractivity (Wildman–Crippen MR) is 77.7 cm³/mol. The van der Waals surface area contributed by atoms with Gasteiger partial charge in [-0.15, -0.1) is 0 Å². The molecule has 0 aromatic carbocycles. The van der Waals surface area contributed by atoms with E-state index in [1.165, 1.54) is 0 Å². The molecule has 2 N–H and O–H groups in total. The van der Waals surface area contributed by atoms with Gasteiger partial charge in [-0.25, -0.2) is 0 Å². The van der Waals surface area contributed by atoms with Crippen molar-refractivity contribution < 1.29 is 4.79 Å². The molecule has 18 heavy (non-hydrogen) atoms. The first kappa shape index (κ1) is 17.1. The maximum absolute atomic E-state index is 11.3. The number of carbonyl (C=O) groups excluding carboxylic acids is 1. The summed E-state index contributed by atoms with van der Waals surface area (Å²) >= 11 is 0. The third-order valence-electron chi connectivity index (χ3n) is 2.82. The molecule has 0 unspecified atom stereocenters. The molecule has 0 aromatic heterocycles. The van der Waals surface area contributed by atoms with Gasteiger partial charge >= 0.3 is 0 Å². The molecule has 106 valence electrons. The molecular formula is C14H29N3O. The zero-order chi connectivity index (χ0) is 13.6. The van der Waals surface area contributed by atoms with E-state index >= 15 is 0 Å². The van der Waals surface area contributed by atoms with Crippen LogP contribution in [-0.2, 0) is 4.79 Å². The van der Waals surface area contributed by atoms with Crippen LogP contribution in [0.15, 0.2) is 12.2 Å². The standard InChI is InChI=1S/C14H29N3O/c1-4-7-8-9-14(18)16-11-10-15-12-13-17(5-2)6-3/h8-9,15H,4-7,10-13H2,1-3H3,(H,16,18)/b9-8+. The van der Waals surface area contributed by atoms with E-state index in [9.17, 15) is 4.79 Å². The summed E-state index contributed by atoms with van der Waals surface area (Å²) < 4.78 is 0. The van der Waals surface area contributed by atoms with E-state index in [0.717, 1.165) is 45.6 Å². The molecule has 0 aliphatic heterocycles. The van der Waals surface area contributed by atoms with Gasteiger partial charge in [0, 0.05) is 26.2 Å². The van der Waals surface area contributed by atoms with Gasteiger partial charge in [-0.2, -0.15) is 0 Å². The molecule has 0 fully saturated rings. The van der Waals surface area contributed by atoms with Crippen molar-refractivity contribution in [1.82, 2.24) is 15.5 Å². The van der Waals surface area contributed by atoms with Crippen molar-refractivity contribution >= 4 is 5.91 Å². The van der Waals surface area contributed by atoms with E-state index < -0.39 is 0 Å². The molecule has 0 aliphatic carbocycles. The largest absolute Gasteiger partial charge is 0.351 e. The molecule has 0 saturated carbocycles. The van der Waals surface area contributed by atoms with Crippen LogP contribution in [0.4, 0.5) is 0 Å². The number of hydrogen-bond donors (Lipinski definition) is 2. The summed E-state index contributed by atoms with van der Waals surface area (Å²) in [7, 11) is 0. The maximum Gasteiger partial charge on any atom is 0.243 e. The van der Waals surface area contributed by atoms with Crippen LogP contribution >= 0.6 is 0 Å². The minimum atomic E-state index is 0.00833. The fourth-order valence-corrected chi connectivity index (χ4v) is 1.59. The molecule has 4 heteroatoms. The van der Waals surface area contributed by atoms with Crippen LogP contribution in [0.25, 0.3) is 0 Å². The van der Waals surface area contributed by atoms with Crippen LogP contribution in [0.3, 0.4) is 0 Å². The summed E-state index contributed by atoms with van der Waals surface area (Å²) in [5.41, 5.74) is 0. The van der Waals surface area contributed by atoms with E-state index in [0.29, 0.717) is 6.54 Å². The summed E-state index contributed by atoms with van der Waals surface area (Å²) in [5, 5.41) is 6.18. The average molecular weight is 255 g/mol. The Labute approximate surface area is 112 Å². The van der Waals surface area contributed by atoms with E-state index in [-0.39, 0.29) is 5.91 Å². The number of nitrogens with zero attached hydrogens (tertiary/aromatic N) is 1. The van der Waals surface area contributed by atoms with E-state index in [4.69, 9.17) is 0 Å². The lowest BCUT2D eigenvalue weighted by atomic mass is 10.3. The fraction of sp³-hybridized carbons (Fsp3) is 0.786. The Morgan fingerprint density at radius 1 is 1.11 bits per heavy atom. The number of hydrogen-bond acceptors (Lipinski definition) is 3. The van der Waals surface area contributed by atoms with Crippen LogP contribution in [0.2, 0.25) is 0 Å². The number of nitrogens with one attached hydrogen (secondary N) is 2. The van der Waals surface area contributed by atoms with Gasteiger partial charge in [-0.05, 0) is 25.6 Å². The van der Waals surface area contributed by atoms with E-state index in [2.05, 4.69) is 36.3 Å². The molecule has 0 aliphatic rings. The highest BCUT2D eigenvalue weighted by molar-refractivity contribution is 5.87. The average Bonchev–Trinajstić information content (AvgIpc) is 2.38. The second kappa shape index (κ2) is 12.6. The number of allylic oxidation sites excluding steroid dienone is 1. The first-order valence-corrected chi connectivity index (χ1v) is 7.12. The Hall–Kier alpha value is -0.870. The molecule has 4 nitrogen and oxygen atoms in total. The lowest BCUT2D eigenvalue weighted by Crippen LogP contribution is -2.36. The molecule has 0 heterocycles. The van der Waals surface area contributed by atoms with Gasteiger partial charge in [0.05, 0.1) is 0 Å². The number of rotatable bonds is 11. The smallest absolute Gasteiger partial charge is 0.243 e. The number of amides is 1. The number of carbonyl (C=O) groups is 1. The Kier molecular flexibility index (Phi) is 12.0. The summed E-state index contributed by atoms with van der Waals surface area (Å²) in [6.45, 7) is 12.2. The Balaban J connectivity index is 3.37. The van der Waals surface area contributed by atoms with Crippen LogP contribution in [-0.4, -0.2) is 50.1 Å². The van der Waals surface area contributed by atoms with Gasteiger partial charge in [-0.3, -0.25) is 4.79 Å². The van der Waals surface area contributed by atoms with Crippen LogP contribution in [0.5, 0.6) is 0 Å². The molecule has 0 rings (SSSR count). The molecule has 1 amide bonds. The Bertz CT molecular complexity index is 225. The highest BCUT2D eigenvalue weighted by Gasteiger charge is 1.97. The minimum absolute atomic E-state index is 0.00833. The normalized spacial score (nSPS) is 11.3. The Morgan fingerprint density at radius 3 is 2.44 bits per heavy atom. The molecule has 0 atom stereocenters. The molecule has 0 saturated heterocycles. The summed E-state index contributed by atoms with van der Waals surface area (Å²) in [6, 6.07) is 0. The lowest BCUT2D eigenvalue weighted by molar-refractivity contribution is -0.116. The third kappa shape index (κ3) is 10.3. The predicted octanol–water partition coefficient (Wildman–Crippen LogP) is 1.39. The second-order valence-electron chi connectivity index (χ2n) is 4.26. The zero-order valence-corrected chi connectivity index (χ0v) is 12.2. The molecule has 0 aromatic rings. The minimum Gasteiger partial charge on any atom is -0.351 e. The fourth-order valence-electron chi connectivity index (χ4n) is 1.59. The highest BCUT2D eigenvalue weighted by atomic mass is 16.1. The SMILES string of the molecule is CCC/C=C/C(=O)NCCNCCN(CC)CC. The van der Waals surface area contributed by atoms with E-state index in [1.54, 1.807) is 6.08 Å². The molecule has 0 spiro atoms. The second-order valence-corrected chi connectivity index (χ2v) is 4.26. The van der Waals surface area contributed by atoms with Gasteiger partial charge in [0.1, 0.15) is 0 Å². The van der Waals surface area contributed by atoms with Crippen molar-refractivity contribution in [3.63, 3.8) is 0 Å². The number of unbranched alkanes of at least 4 members (excludes halogenated alkanes) is 1. The molecule has 0 radical (unpaired) electrons. The van der Waals surface area contributed by atoms with Crippen molar-refractivity contribution in [2.24, 2.45) is 0 Å². The van der Waals surface area contributed by atoms with Crippen molar-refractivity contribution in [2.45, 2.75) is 33.6 Å². The summed E-state index contributed by atoms with van der Waals surface area (Å²) in [6.07, 6.45) is 5.59. The maximum atomic E-state index is 11.3. The van der Waals surface area contributed by atoms with Gasteiger partial charge < -0.3 is 15.5 Å². The van der Waals surface area contributed by atoms with Gasteiger partial charge in [0.2, 0.25) is 5.91 Å². The van der Waals surface area contributed by atoms with Crippen molar-refractivity contribution in [3.05, 3.63) is 12.2 Å². The zero-order valence-electron chi connectivity index (χ0n) is 12.2. The topological polar surface area (TPSA) is 44.4 Å². The van der Waals surface area contributed by atoms with Crippen molar-refractivity contribution in [3.8, 4) is 0 Å². The number of likely N-dealkylation sites (N-methyl/N-ethyl adjacent to an activating group) is 1. The summed E-state index contributed by atoms with van der Waals surface area (Å²) in [5.74, 6) is 0.00833. The van der Waals surface area contributed by atoms with Crippen molar-refractivity contribution in [2.75, 3.05) is 39.3 Å². The Morgan fingerprint density at radius 2 is 1.83 bits per heavy atom. The monoisotopic (exact) mass is 255 g/mol. The molecular weight excluding hydrogens is 226 g/mol. The first-order chi connectivity index (χ1) is 8.74. The quantitative estimate of drug-likeness (QED) is 0.433. The van der Waals surface area contributed by atoms with Gasteiger partial charge in [-0.1, -0.05) is 33.3 Å². The lowest BCUT2D eigenvalue weighted by Gasteiger charge is -2.17. The van der Waals surface area contributed by atoms with Gasteiger partial charge in [0.25, 0.3) is 0 Å².